The van der Waals surface area contributed by atoms with E-state index in [1.165, 1.54) is 0 Å². The van der Waals surface area contributed by atoms with Crippen LogP contribution in [-0.2, 0) is 21.4 Å². The van der Waals surface area contributed by atoms with Gasteiger partial charge in [-0.2, -0.15) is 5.26 Å². The van der Waals surface area contributed by atoms with Crippen LogP contribution in [0, 0.1) is 50.0 Å². The van der Waals surface area contributed by atoms with Crippen LogP contribution >= 0.6 is 47.9 Å². The lowest BCUT2D eigenvalue weighted by Gasteiger charge is -2.46. The second kappa shape index (κ2) is 18.6. The fourth-order valence-corrected chi connectivity index (χ4v) is 6.50. The monoisotopic (exact) mass is 875 g/mol. The number of aryl methyl sites for hydroxylation is 4. The van der Waals surface area contributed by atoms with Crippen LogP contribution in [0.25, 0.3) is 0 Å². The van der Waals surface area contributed by atoms with Crippen LogP contribution < -0.4 is 20.9 Å². The van der Waals surface area contributed by atoms with Gasteiger partial charge in [-0.15, -0.1) is 0 Å². The molecule has 1 saturated carbocycles. The number of amides is 2. The molecule has 1 aliphatic carbocycles. The summed E-state index contributed by atoms with van der Waals surface area (Å²) in [5.41, 5.74) is 10.4. The molecule has 2 unspecified atom stereocenters. The summed E-state index contributed by atoms with van der Waals surface area (Å²) in [6.07, 6.45) is 4.44. The highest BCUT2D eigenvalue weighted by atomic mass is 127. The van der Waals surface area contributed by atoms with Gasteiger partial charge in [0.15, 0.2) is 11.4 Å². The Kier molecular flexibility index (Phi) is 16.3. The van der Waals surface area contributed by atoms with Crippen molar-refractivity contribution in [2.75, 3.05) is 23.4 Å². The van der Waals surface area contributed by atoms with E-state index in [9.17, 15) is 17.8 Å². The fraction of sp³-hybridized carbons (Fsp3) is 0.586. The normalized spacial score (nSPS) is 19.2. The van der Waals surface area contributed by atoms with Crippen molar-refractivity contribution in [1.29, 1.82) is 6.54 Å². The first-order valence-corrected chi connectivity index (χ1v) is 22.0. The summed E-state index contributed by atoms with van der Waals surface area (Å²) in [6.45, 7) is 14.7. The third kappa shape index (κ3) is 16.1. The van der Waals surface area contributed by atoms with Gasteiger partial charge in [0, 0.05) is 70.5 Å². The van der Waals surface area contributed by atoms with Crippen LogP contribution in [0.4, 0.5) is 16.2 Å². The maximum absolute atomic E-state index is 12.7. The number of nitrogens with one attached hydrogen (secondary N) is 2. The molecular weight excluding hydrogens is 829 g/mol. The number of aromatic nitrogens is 2. The molecule has 0 spiro atoms. The molecule has 1 aliphatic rings. The molecule has 15 heteroatoms. The number of anilines is 2. The third-order valence-corrected chi connectivity index (χ3v) is 7.77. The largest absolute Gasteiger partial charge is 0.748 e. The number of pyridine rings is 2. The number of rotatable bonds is 8. The smallest absolute Gasteiger partial charge is 0.319 e. The highest BCUT2D eigenvalue weighted by Crippen LogP contribution is 2.46. The second-order valence-electron chi connectivity index (χ2n) is 12.3. The minimum Gasteiger partial charge on any atom is -0.748 e. The molecule has 1 fully saturated rings. The number of ether oxygens (including phenoxy) is 1. The molecule has 2 aromatic rings. The van der Waals surface area contributed by atoms with E-state index in [0.717, 1.165) is 47.7 Å². The van der Waals surface area contributed by atoms with Crippen molar-refractivity contribution in [3.8, 4) is 6.26 Å². The van der Waals surface area contributed by atoms with E-state index in [2.05, 4.69) is 80.5 Å². The minimum absolute atomic E-state index is 0.00674. The van der Waals surface area contributed by atoms with Gasteiger partial charge in [-0.3, -0.25) is 4.98 Å². The highest BCUT2D eigenvalue weighted by molar-refractivity contribution is 14.3. The summed E-state index contributed by atoms with van der Waals surface area (Å²) in [6, 6.07) is 6.99. The Morgan fingerprint density at radius 2 is 1.75 bits per heavy atom. The molecule has 246 valence electrons. The topological polar surface area (TPSA) is 174 Å². The number of urea groups is 1. The maximum atomic E-state index is 12.7. The predicted molar refractivity (Wildman–Crippen MR) is 193 cm³/mol. The van der Waals surface area contributed by atoms with E-state index >= 15 is 0 Å². The van der Waals surface area contributed by atoms with Gasteiger partial charge < -0.3 is 25.7 Å². The molecule has 3 rings (SSSR count). The molecule has 44 heavy (non-hydrogen) atoms. The van der Waals surface area contributed by atoms with Crippen LogP contribution in [0.3, 0.4) is 0 Å². The number of hydrogen-bond donors (Lipinski definition) is 3. The molecule has 4 N–H and O–H groups in total. The number of nitrogen functional groups attached to an aromatic ring is 1. The van der Waals surface area contributed by atoms with Crippen LogP contribution in [0.1, 0.15) is 69.2 Å². The number of hydrogen-bond acceptors (Lipinski definition) is 8. The Morgan fingerprint density at radius 3 is 2.23 bits per heavy atom. The van der Waals surface area contributed by atoms with E-state index < -0.39 is 19.7 Å². The summed E-state index contributed by atoms with van der Waals surface area (Å²) in [4.78, 5) is 16.8. The summed E-state index contributed by atoms with van der Waals surface area (Å²) in [5, 5.41) is 14.7. The van der Waals surface area contributed by atoms with Crippen molar-refractivity contribution in [1.82, 2.24) is 10.3 Å². The van der Waals surface area contributed by atoms with Crippen molar-refractivity contribution in [2.24, 2.45) is 10.8 Å². The number of carbonyl (C=O) groups excluding carboxylic acids is 1. The molecule has 0 aromatic carbocycles. The molecule has 0 bridgehead atoms. The van der Waals surface area contributed by atoms with E-state index in [0.29, 0.717) is 18.8 Å². The Balaban J connectivity index is 0.000000644. The second-order valence-corrected chi connectivity index (χ2v) is 22.4. The number of carbonyl (C=O) groups is 1. The predicted octanol–water partition coefficient (Wildman–Crippen LogP) is 6.38. The summed E-state index contributed by atoms with van der Waals surface area (Å²) in [5.74, 6) is -0.405. The number of nitriles is 1. The molecule has 2 atom stereocenters. The highest BCUT2D eigenvalue weighted by Gasteiger charge is 2.42. The van der Waals surface area contributed by atoms with Crippen molar-refractivity contribution < 1.29 is 27.1 Å². The fourth-order valence-electron chi connectivity index (χ4n) is 6.02. The average molecular weight is 876 g/mol. The Morgan fingerprint density at radius 1 is 1.20 bits per heavy atom. The van der Waals surface area contributed by atoms with Gasteiger partial charge in [-0.1, -0.05) is 20.8 Å². The van der Waals surface area contributed by atoms with Crippen molar-refractivity contribution >= 4 is 75.4 Å². The quantitative estimate of drug-likeness (QED) is 0.0902. The minimum atomic E-state index is -4.23. The lowest BCUT2D eigenvalue weighted by molar-refractivity contribution is -0.708. The van der Waals surface area contributed by atoms with Crippen LogP contribution in [-0.4, -0.2) is 43.7 Å². The van der Waals surface area contributed by atoms with Crippen LogP contribution in [0.2, 0.25) is 0 Å². The molecule has 11 nitrogen and oxygen atoms in total. The molecule has 0 saturated heterocycles. The zero-order valence-electron chi connectivity index (χ0n) is 27.4. The first-order chi connectivity index (χ1) is 20.6. The molecule has 0 aliphatic heterocycles. The van der Waals surface area contributed by atoms with Crippen molar-refractivity contribution in [2.45, 2.75) is 86.7 Å². The maximum Gasteiger partial charge on any atom is 0.319 e. The van der Waals surface area contributed by atoms with Gasteiger partial charge in [0.2, 0.25) is 0 Å². The van der Waals surface area contributed by atoms with Crippen molar-refractivity contribution in [3.05, 3.63) is 47.0 Å². The standard InChI is InChI=1S/C22H34N4O5S.C7H10N2.HI2P/c1-16-9-18(10-17(2)26(16)7-6-8-32(28,29)30)24-20(27)25-19-11-21(3,4)13-22(5,12-19)14-31-15-23;1-5-3-7(8)4-6(2)9-5;1-3-2/h9-10,19H,6-8,11-14H2,1-5H3,(H2,25,27,28,29,30);3-4H,1-2H3,(H2,8,9);3H/i;;3D. The van der Waals surface area contributed by atoms with E-state index in [1.54, 1.807) is 6.26 Å². The van der Waals surface area contributed by atoms with Crippen molar-refractivity contribution in [3.63, 3.8) is 0 Å². The average Bonchev–Trinajstić information content (AvgIpc) is 2.81. The van der Waals surface area contributed by atoms with Crippen LogP contribution in [0.5, 0.6) is 0 Å². The first kappa shape index (κ1) is 38.6. The number of nitrogens with zero attached hydrogens (tertiary/aromatic N) is 3. The lowest BCUT2D eigenvalue weighted by atomic mass is 9.63. The van der Waals surface area contributed by atoms with Gasteiger partial charge in [0.1, 0.15) is 13.2 Å². The summed E-state index contributed by atoms with van der Waals surface area (Å²) < 4.78 is 45.6. The third-order valence-electron chi connectivity index (χ3n) is 6.98. The lowest BCUT2D eigenvalue weighted by Crippen LogP contribution is -2.49. The molecule has 2 aromatic heterocycles. The first-order valence-electron chi connectivity index (χ1n) is 14.4. The van der Waals surface area contributed by atoms with Crippen LogP contribution in [0.15, 0.2) is 24.3 Å². The summed E-state index contributed by atoms with van der Waals surface area (Å²) in [7, 11) is -4.23. The zero-order valence-corrected chi connectivity index (χ0v) is 32.4. The van der Waals surface area contributed by atoms with Gasteiger partial charge in [-0.05, 0) is 94.7 Å². The molecular formula is C29H45I2N6O5PS. The van der Waals surface area contributed by atoms with E-state index in [1.807, 2.05) is 56.5 Å². The Bertz CT molecular complexity index is 1370. The molecule has 2 amide bonds. The van der Waals surface area contributed by atoms with E-state index in [4.69, 9.17) is 17.0 Å². The molecule has 2 heterocycles. The summed E-state index contributed by atoms with van der Waals surface area (Å²) >= 11 is 4.12. The van der Waals surface area contributed by atoms with Gasteiger partial charge in [0.25, 0.3) is 6.26 Å². The van der Waals surface area contributed by atoms with Gasteiger partial charge in [-0.25, -0.2) is 17.8 Å². The zero-order chi connectivity index (χ0) is 34.6. The van der Waals surface area contributed by atoms with Gasteiger partial charge >= 0.3 is 6.03 Å². The van der Waals surface area contributed by atoms with E-state index in [-0.39, 0.29) is 29.3 Å². The Hall–Kier alpha value is -1.54. The number of halogens is 2. The number of nitrogens with two attached hydrogens (primary N) is 1. The molecule has 0 radical (unpaired) electrons. The Labute approximate surface area is 291 Å². The van der Waals surface area contributed by atoms with Gasteiger partial charge in [0.05, 0.1) is 17.1 Å². The SMILES string of the molecule is Cc1cc(N)cc(C)n1.Cc1cc(NC(=O)NC2CC(C)(C)CC(C)(COC#N)C2)cc(C)[n+]1CCCS(=O)(=O)[O-].[2H]P(I)I.